The summed E-state index contributed by atoms with van der Waals surface area (Å²) < 4.78 is 4.88. The number of aryl methyl sites for hydroxylation is 1. The lowest BCUT2D eigenvalue weighted by molar-refractivity contribution is -0.128. The predicted molar refractivity (Wildman–Crippen MR) is 97.5 cm³/mol. The molecule has 1 aliphatic rings. The van der Waals surface area contributed by atoms with E-state index in [4.69, 9.17) is 16.1 Å². The molecule has 0 atom stereocenters. The summed E-state index contributed by atoms with van der Waals surface area (Å²) in [5.41, 5.74) is 3.62. The van der Waals surface area contributed by atoms with E-state index in [-0.39, 0.29) is 17.0 Å². The van der Waals surface area contributed by atoms with Crippen LogP contribution in [0.4, 0.5) is 0 Å². The van der Waals surface area contributed by atoms with Gasteiger partial charge in [-0.3, -0.25) is 9.59 Å². The molecule has 0 spiro atoms. The second-order valence-corrected chi connectivity index (χ2v) is 6.88. The van der Waals surface area contributed by atoms with Crippen molar-refractivity contribution in [1.82, 2.24) is 15.4 Å². The Morgan fingerprint density at radius 2 is 2.04 bits per heavy atom. The van der Waals surface area contributed by atoms with Crippen molar-refractivity contribution in [2.75, 3.05) is 6.54 Å². The maximum atomic E-state index is 12.0. The Bertz CT molecular complexity index is 766. The molecule has 2 heterocycles. The summed E-state index contributed by atoms with van der Waals surface area (Å²) in [7, 11) is 0. The van der Waals surface area contributed by atoms with Gasteiger partial charge in [-0.1, -0.05) is 29.4 Å². The summed E-state index contributed by atoms with van der Waals surface area (Å²) in [6.07, 6.45) is 2.44. The van der Waals surface area contributed by atoms with Crippen LogP contribution >= 0.6 is 11.6 Å². The van der Waals surface area contributed by atoms with Gasteiger partial charge < -0.3 is 14.7 Å². The number of halogens is 1. The van der Waals surface area contributed by atoms with E-state index >= 15 is 0 Å². The van der Waals surface area contributed by atoms with Crippen LogP contribution in [-0.4, -0.2) is 28.4 Å². The average Bonchev–Trinajstić information content (AvgIpc) is 3.18. The third kappa shape index (κ3) is 4.64. The highest BCUT2D eigenvalue weighted by Gasteiger charge is 2.19. The third-order valence-electron chi connectivity index (χ3n) is 4.60. The van der Waals surface area contributed by atoms with Crippen LogP contribution in [0.3, 0.4) is 0 Å². The first-order chi connectivity index (χ1) is 12.5. The van der Waals surface area contributed by atoms with Crippen molar-refractivity contribution in [2.24, 2.45) is 0 Å². The highest BCUT2D eigenvalue weighted by atomic mass is 35.5. The summed E-state index contributed by atoms with van der Waals surface area (Å²) in [4.78, 5) is 25.6. The van der Waals surface area contributed by atoms with E-state index in [1.54, 1.807) is 6.92 Å². The molecule has 1 saturated heterocycles. The van der Waals surface area contributed by atoms with Gasteiger partial charge >= 0.3 is 0 Å². The van der Waals surface area contributed by atoms with Crippen LogP contribution in [0.15, 0.2) is 28.8 Å². The highest BCUT2D eigenvalue weighted by molar-refractivity contribution is 6.29. The Kier molecular flexibility index (Phi) is 5.93. The Hall–Kier alpha value is -2.34. The third-order valence-corrected chi connectivity index (χ3v) is 4.89. The van der Waals surface area contributed by atoms with Gasteiger partial charge in [0.15, 0.2) is 0 Å². The van der Waals surface area contributed by atoms with Gasteiger partial charge in [-0.05, 0) is 42.5 Å². The van der Waals surface area contributed by atoms with Crippen LogP contribution in [0.1, 0.15) is 41.6 Å². The first-order valence-corrected chi connectivity index (χ1v) is 9.13. The topological polar surface area (TPSA) is 75.4 Å². The maximum Gasteiger partial charge on any atom is 0.229 e. The Morgan fingerprint density at radius 3 is 2.65 bits per heavy atom. The fourth-order valence-corrected chi connectivity index (χ4v) is 3.29. The number of carbonyl (C=O) groups is 2. The minimum absolute atomic E-state index is 0.0478. The molecule has 1 aliphatic heterocycles. The quantitative estimate of drug-likeness (QED) is 0.807. The van der Waals surface area contributed by atoms with Gasteiger partial charge in [-0.15, -0.1) is 0 Å². The van der Waals surface area contributed by atoms with Gasteiger partial charge in [0.2, 0.25) is 17.0 Å². The normalized spacial score (nSPS) is 14.1. The van der Waals surface area contributed by atoms with E-state index in [1.807, 2.05) is 29.2 Å². The second-order valence-electron chi connectivity index (χ2n) is 6.53. The molecule has 0 bridgehead atoms. The fourth-order valence-electron chi connectivity index (χ4n) is 3.02. The lowest BCUT2D eigenvalue weighted by atomic mass is 10.1. The number of aromatic nitrogens is 1. The average molecular weight is 376 g/mol. The summed E-state index contributed by atoms with van der Waals surface area (Å²) in [5, 5.41) is 6.93. The molecule has 3 rings (SSSR count). The lowest BCUT2D eigenvalue weighted by Gasteiger charge is -2.15. The maximum absolute atomic E-state index is 12.0. The molecule has 2 aromatic rings. The van der Waals surface area contributed by atoms with Crippen molar-refractivity contribution >= 4 is 23.4 Å². The molecule has 1 aromatic carbocycles. The van der Waals surface area contributed by atoms with E-state index < -0.39 is 0 Å². The van der Waals surface area contributed by atoms with Crippen molar-refractivity contribution in [3.8, 4) is 0 Å². The summed E-state index contributed by atoms with van der Waals surface area (Å²) in [6, 6.07) is 7.98. The molecule has 138 valence electrons. The zero-order chi connectivity index (χ0) is 18.5. The molecular formula is C19H22ClN3O3. The Labute approximate surface area is 157 Å². The van der Waals surface area contributed by atoms with Gasteiger partial charge in [0.05, 0.1) is 5.69 Å². The van der Waals surface area contributed by atoms with Crippen molar-refractivity contribution in [2.45, 2.75) is 45.7 Å². The van der Waals surface area contributed by atoms with Crippen molar-refractivity contribution in [3.63, 3.8) is 0 Å². The largest absolute Gasteiger partial charge is 0.352 e. The van der Waals surface area contributed by atoms with E-state index in [0.717, 1.165) is 35.3 Å². The van der Waals surface area contributed by atoms with Gasteiger partial charge in [-0.2, -0.15) is 0 Å². The van der Waals surface area contributed by atoms with E-state index in [2.05, 4.69) is 10.5 Å². The second kappa shape index (κ2) is 8.36. The van der Waals surface area contributed by atoms with E-state index in [9.17, 15) is 9.59 Å². The van der Waals surface area contributed by atoms with E-state index in [0.29, 0.717) is 32.4 Å². The number of nitrogens with one attached hydrogen (secondary N) is 1. The van der Waals surface area contributed by atoms with Crippen molar-refractivity contribution in [3.05, 3.63) is 51.9 Å². The SMILES string of the molecule is Cc1noc(Cl)c1CCC(=O)NCc1ccc(CN2CCCC2=O)cc1. The summed E-state index contributed by atoms with van der Waals surface area (Å²) in [6.45, 7) is 3.77. The number of hydrogen-bond acceptors (Lipinski definition) is 4. The Morgan fingerprint density at radius 1 is 1.31 bits per heavy atom. The van der Waals surface area contributed by atoms with Gasteiger partial charge in [-0.25, -0.2) is 0 Å². The molecule has 1 aromatic heterocycles. The molecule has 0 aliphatic carbocycles. The molecule has 6 nitrogen and oxygen atoms in total. The van der Waals surface area contributed by atoms with Crippen molar-refractivity contribution < 1.29 is 14.1 Å². The monoisotopic (exact) mass is 375 g/mol. The molecule has 1 fully saturated rings. The van der Waals surface area contributed by atoms with Crippen LogP contribution in [0, 0.1) is 6.92 Å². The molecule has 1 N–H and O–H groups in total. The molecular weight excluding hydrogens is 354 g/mol. The number of hydrogen-bond donors (Lipinski definition) is 1. The zero-order valence-electron chi connectivity index (χ0n) is 14.8. The van der Waals surface area contributed by atoms with Crippen LogP contribution in [0.5, 0.6) is 0 Å². The van der Waals surface area contributed by atoms with E-state index in [1.165, 1.54) is 0 Å². The standard InChI is InChI=1S/C19H22ClN3O3/c1-13-16(19(20)26-22-13)8-9-17(24)21-11-14-4-6-15(7-5-14)12-23-10-2-3-18(23)25/h4-7H,2-3,8-12H2,1H3,(H,21,24). The number of benzene rings is 1. The smallest absolute Gasteiger partial charge is 0.229 e. The van der Waals surface area contributed by atoms with Crippen LogP contribution in [0.2, 0.25) is 5.22 Å². The number of rotatable bonds is 7. The minimum atomic E-state index is -0.0478. The first kappa shape index (κ1) is 18.5. The number of amides is 2. The number of carbonyl (C=O) groups excluding carboxylic acids is 2. The lowest BCUT2D eigenvalue weighted by Crippen LogP contribution is -2.24. The summed E-state index contributed by atoms with van der Waals surface area (Å²) >= 11 is 5.90. The predicted octanol–water partition coefficient (Wildman–Crippen LogP) is 3.01. The molecule has 7 heteroatoms. The van der Waals surface area contributed by atoms with Crippen LogP contribution in [0.25, 0.3) is 0 Å². The summed E-state index contributed by atoms with van der Waals surface area (Å²) in [5.74, 6) is 0.179. The fraction of sp³-hybridized carbons (Fsp3) is 0.421. The highest BCUT2D eigenvalue weighted by Crippen LogP contribution is 2.20. The van der Waals surface area contributed by atoms with Crippen LogP contribution in [-0.2, 0) is 29.1 Å². The molecule has 0 saturated carbocycles. The van der Waals surface area contributed by atoms with Gasteiger partial charge in [0.1, 0.15) is 0 Å². The molecule has 0 radical (unpaired) electrons. The zero-order valence-corrected chi connectivity index (χ0v) is 15.5. The van der Waals surface area contributed by atoms with Crippen LogP contribution < -0.4 is 5.32 Å². The molecule has 26 heavy (non-hydrogen) atoms. The Balaban J connectivity index is 1.44. The van der Waals surface area contributed by atoms with Gasteiger partial charge in [0, 0.05) is 38.0 Å². The van der Waals surface area contributed by atoms with Gasteiger partial charge in [0.25, 0.3) is 0 Å². The number of likely N-dealkylation sites (tertiary alicyclic amines) is 1. The minimum Gasteiger partial charge on any atom is -0.352 e. The molecule has 0 unspecified atom stereocenters. The van der Waals surface area contributed by atoms with Crippen molar-refractivity contribution in [1.29, 1.82) is 0 Å². The first-order valence-electron chi connectivity index (χ1n) is 8.76. The molecule has 2 amide bonds. The number of nitrogens with zero attached hydrogens (tertiary/aromatic N) is 2.